The lowest BCUT2D eigenvalue weighted by Crippen LogP contribution is -1.96. The molecule has 88 valence electrons. The van der Waals surface area contributed by atoms with Crippen molar-refractivity contribution in [3.05, 3.63) is 45.2 Å². The van der Waals surface area contributed by atoms with Crippen molar-refractivity contribution in [2.75, 3.05) is 5.32 Å². The number of rotatable bonds is 2. The molecule has 0 aliphatic carbocycles. The van der Waals surface area contributed by atoms with Crippen molar-refractivity contribution in [1.82, 2.24) is 10.2 Å². The van der Waals surface area contributed by atoms with Gasteiger partial charge in [0, 0.05) is 16.8 Å². The minimum Gasteiger partial charge on any atom is -0.353 e. The molecular formula is C11H8Cl3N3. The SMILES string of the molecule is Cc1ccc(Cl)cc1Nc1cc(Cl)nnc1Cl. The zero-order valence-electron chi connectivity index (χ0n) is 8.84. The largest absolute Gasteiger partial charge is 0.353 e. The second-order valence-electron chi connectivity index (χ2n) is 3.46. The molecular weight excluding hydrogens is 281 g/mol. The number of aromatic nitrogens is 2. The fourth-order valence-corrected chi connectivity index (χ4v) is 1.77. The van der Waals surface area contributed by atoms with Gasteiger partial charge in [-0.25, -0.2) is 0 Å². The van der Waals surface area contributed by atoms with Crippen LogP contribution in [-0.2, 0) is 0 Å². The molecule has 0 bridgehead atoms. The third-order valence-corrected chi connectivity index (χ3v) is 2.89. The first-order valence-corrected chi connectivity index (χ1v) is 5.91. The van der Waals surface area contributed by atoms with Crippen molar-refractivity contribution in [3.8, 4) is 0 Å². The Balaban J connectivity index is 2.37. The molecule has 1 aromatic heterocycles. The maximum Gasteiger partial charge on any atom is 0.175 e. The highest BCUT2D eigenvalue weighted by atomic mass is 35.5. The van der Waals surface area contributed by atoms with Crippen molar-refractivity contribution in [2.45, 2.75) is 6.92 Å². The lowest BCUT2D eigenvalue weighted by Gasteiger charge is -2.10. The Kier molecular flexibility index (Phi) is 3.72. The van der Waals surface area contributed by atoms with Gasteiger partial charge in [-0.15, -0.1) is 10.2 Å². The molecule has 1 N–H and O–H groups in total. The second kappa shape index (κ2) is 5.08. The van der Waals surface area contributed by atoms with Crippen LogP contribution in [0.2, 0.25) is 15.3 Å². The van der Waals surface area contributed by atoms with Crippen LogP contribution < -0.4 is 5.32 Å². The predicted octanol–water partition coefficient (Wildman–Crippen LogP) is 4.49. The van der Waals surface area contributed by atoms with Gasteiger partial charge in [0.2, 0.25) is 0 Å². The van der Waals surface area contributed by atoms with Crippen LogP contribution in [0.3, 0.4) is 0 Å². The number of nitrogens with one attached hydrogen (secondary N) is 1. The summed E-state index contributed by atoms with van der Waals surface area (Å²) in [5.74, 6) is 0. The van der Waals surface area contributed by atoms with Gasteiger partial charge in [-0.3, -0.25) is 0 Å². The fraction of sp³-hybridized carbons (Fsp3) is 0.0909. The molecule has 0 saturated carbocycles. The first-order valence-electron chi connectivity index (χ1n) is 4.78. The van der Waals surface area contributed by atoms with Crippen LogP contribution >= 0.6 is 34.8 Å². The van der Waals surface area contributed by atoms with Gasteiger partial charge < -0.3 is 5.32 Å². The molecule has 6 heteroatoms. The summed E-state index contributed by atoms with van der Waals surface area (Å²) in [7, 11) is 0. The summed E-state index contributed by atoms with van der Waals surface area (Å²) in [6, 6.07) is 7.15. The molecule has 0 saturated heterocycles. The molecule has 1 aromatic carbocycles. The van der Waals surface area contributed by atoms with Crippen molar-refractivity contribution < 1.29 is 0 Å². The van der Waals surface area contributed by atoms with E-state index in [1.54, 1.807) is 6.07 Å². The van der Waals surface area contributed by atoms with E-state index in [4.69, 9.17) is 34.8 Å². The van der Waals surface area contributed by atoms with Crippen molar-refractivity contribution >= 4 is 46.2 Å². The summed E-state index contributed by atoms with van der Waals surface area (Å²) in [6.07, 6.45) is 0. The highest BCUT2D eigenvalue weighted by molar-refractivity contribution is 6.33. The van der Waals surface area contributed by atoms with Gasteiger partial charge in [0.05, 0.1) is 5.69 Å². The summed E-state index contributed by atoms with van der Waals surface area (Å²) in [4.78, 5) is 0. The molecule has 0 unspecified atom stereocenters. The maximum absolute atomic E-state index is 5.93. The molecule has 2 aromatic rings. The van der Waals surface area contributed by atoms with Crippen LogP contribution in [0, 0.1) is 6.92 Å². The van der Waals surface area contributed by atoms with E-state index in [2.05, 4.69) is 15.5 Å². The quantitative estimate of drug-likeness (QED) is 0.885. The number of hydrogen-bond acceptors (Lipinski definition) is 3. The van der Waals surface area contributed by atoms with Crippen molar-refractivity contribution in [2.24, 2.45) is 0 Å². The number of nitrogens with zero attached hydrogens (tertiary/aromatic N) is 2. The molecule has 0 fully saturated rings. The fourth-order valence-electron chi connectivity index (χ4n) is 1.31. The molecule has 0 aliphatic heterocycles. The van der Waals surface area contributed by atoms with Crippen molar-refractivity contribution in [1.29, 1.82) is 0 Å². The summed E-state index contributed by atoms with van der Waals surface area (Å²) in [5, 5.41) is 11.6. The molecule has 17 heavy (non-hydrogen) atoms. The molecule has 1 heterocycles. The van der Waals surface area contributed by atoms with Gasteiger partial charge in [0.1, 0.15) is 0 Å². The van der Waals surface area contributed by atoms with Gasteiger partial charge in [-0.05, 0) is 24.6 Å². The van der Waals surface area contributed by atoms with Gasteiger partial charge in [0.15, 0.2) is 10.3 Å². The van der Waals surface area contributed by atoms with E-state index in [0.717, 1.165) is 11.3 Å². The smallest absolute Gasteiger partial charge is 0.175 e. The molecule has 0 radical (unpaired) electrons. The van der Waals surface area contributed by atoms with E-state index >= 15 is 0 Å². The van der Waals surface area contributed by atoms with Gasteiger partial charge >= 0.3 is 0 Å². The molecule has 0 spiro atoms. The average Bonchev–Trinajstić information content (AvgIpc) is 2.28. The van der Waals surface area contributed by atoms with Gasteiger partial charge in [-0.1, -0.05) is 40.9 Å². The van der Waals surface area contributed by atoms with Gasteiger partial charge in [0.25, 0.3) is 0 Å². The maximum atomic E-state index is 5.93. The molecule has 0 aliphatic rings. The van der Waals surface area contributed by atoms with Crippen LogP contribution in [0.15, 0.2) is 24.3 Å². The Hall–Kier alpha value is -1.03. The van der Waals surface area contributed by atoms with Crippen LogP contribution in [0.5, 0.6) is 0 Å². The standard InChI is InChI=1S/C11H8Cl3N3/c1-6-2-3-7(12)4-8(6)15-9-5-10(13)16-17-11(9)14/h2-5H,1H3,(H,15,16). The summed E-state index contributed by atoms with van der Waals surface area (Å²) >= 11 is 17.6. The van der Waals surface area contributed by atoms with E-state index in [1.165, 1.54) is 0 Å². The normalized spacial score (nSPS) is 10.4. The van der Waals surface area contributed by atoms with Crippen LogP contribution in [0.4, 0.5) is 11.4 Å². The van der Waals surface area contributed by atoms with E-state index in [0.29, 0.717) is 10.7 Å². The summed E-state index contributed by atoms with van der Waals surface area (Å²) in [5.41, 5.74) is 2.49. The van der Waals surface area contributed by atoms with E-state index in [1.807, 2.05) is 25.1 Å². The highest BCUT2D eigenvalue weighted by Crippen LogP contribution is 2.28. The third kappa shape index (κ3) is 3.00. The first kappa shape index (κ1) is 12.4. The topological polar surface area (TPSA) is 37.8 Å². The predicted molar refractivity (Wildman–Crippen MR) is 71.5 cm³/mol. The molecule has 2 rings (SSSR count). The van der Waals surface area contributed by atoms with Gasteiger partial charge in [-0.2, -0.15) is 0 Å². The summed E-state index contributed by atoms with van der Waals surface area (Å²) < 4.78 is 0. The Morgan fingerprint density at radius 1 is 1.00 bits per heavy atom. The minimum atomic E-state index is 0.258. The monoisotopic (exact) mass is 287 g/mol. The Labute approximate surface area is 114 Å². The number of anilines is 2. The average molecular weight is 289 g/mol. The second-order valence-corrected chi connectivity index (χ2v) is 4.64. The zero-order valence-corrected chi connectivity index (χ0v) is 11.1. The molecule has 0 atom stereocenters. The third-order valence-electron chi connectivity index (χ3n) is 2.19. The van der Waals surface area contributed by atoms with E-state index < -0.39 is 0 Å². The number of aryl methyl sites for hydroxylation is 1. The molecule has 0 amide bonds. The Morgan fingerprint density at radius 3 is 2.53 bits per heavy atom. The number of benzene rings is 1. The Bertz CT molecular complexity index is 508. The first-order chi connectivity index (χ1) is 8.06. The zero-order chi connectivity index (χ0) is 12.4. The van der Waals surface area contributed by atoms with E-state index in [9.17, 15) is 0 Å². The molecule has 3 nitrogen and oxygen atoms in total. The summed E-state index contributed by atoms with van der Waals surface area (Å²) in [6.45, 7) is 1.96. The lowest BCUT2D eigenvalue weighted by molar-refractivity contribution is 1.03. The van der Waals surface area contributed by atoms with E-state index in [-0.39, 0.29) is 10.3 Å². The highest BCUT2D eigenvalue weighted by Gasteiger charge is 2.06. The van der Waals surface area contributed by atoms with Crippen LogP contribution in [0.1, 0.15) is 5.56 Å². The van der Waals surface area contributed by atoms with Crippen LogP contribution in [0.25, 0.3) is 0 Å². The minimum absolute atomic E-state index is 0.258. The number of hydrogen-bond donors (Lipinski definition) is 1. The Morgan fingerprint density at radius 2 is 1.76 bits per heavy atom. The van der Waals surface area contributed by atoms with Crippen molar-refractivity contribution in [3.63, 3.8) is 0 Å². The lowest BCUT2D eigenvalue weighted by atomic mass is 10.2. The van der Waals surface area contributed by atoms with Crippen LogP contribution in [-0.4, -0.2) is 10.2 Å². The number of halogens is 3.